The molecule has 0 aliphatic rings. The van der Waals surface area contributed by atoms with Crippen molar-refractivity contribution in [2.45, 2.75) is 48.0 Å². The SMILES string of the molecule is CCC(C)(C)C(=O)OCCOC(=O)NCC(C)(C)C. The second-order valence-electron chi connectivity index (χ2n) is 6.42. The summed E-state index contributed by atoms with van der Waals surface area (Å²) in [4.78, 5) is 22.9. The number of hydrogen-bond acceptors (Lipinski definition) is 4. The molecule has 0 saturated carbocycles. The van der Waals surface area contributed by atoms with Crippen LogP contribution in [0.25, 0.3) is 0 Å². The summed E-state index contributed by atoms with van der Waals surface area (Å²) in [6.07, 6.45) is 0.222. The molecular formula is C14H27NO4. The van der Waals surface area contributed by atoms with Gasteiger partial charge in [0.05, 0.1) is 5.41 Å². The summed E-state index contributed by atoms with van der Waals surface area (Å²) in [6.45, 7) is 12.3. The summed E-state index contributed by atoms with van der Waals surface area (Å²) in [5.41, 5.74) is -0.481. The minimum absolute atomic E-state index is 0.0106. The summed E-state index contributed by atoms with van der Waals surface area (Å²) in [6, 6.07) is 0. The molecule has 0 bridgehead atoms. The maximum Gasteiger partial charge on any atom is 0.407 e. The summed E-state index contributed by atoms with van der Waals surface area (Å²) in [7, 11) is 0. The molecule has 0 radical (unpaired) electrons. The summed E-state index contributed by atoms with van der Waals surface area (Å²) in [5, 5.41) is 2.65. The second-order valence-corrected chi connectivity index (χ2v) is 6.42. The Morgan fingerprint density at radius 3 is 2.00 bits per heavy atom. The fourth-order valence-corrected chi connectivity index (χ4v) is 0.997. The predicted octanol–water partition coefficient (Wildman–Crippen LogP) is 2.74. The van der Waals surface area contributed by atoms with Gasteiger partial charge >= 0.3 is 12.1 Å². The van der Waals surface area contributed by atoms with Crippen molar-refractivity contribution in [2.75, 3.05) is 19.8 Å². The lowest BCUT2D eigenvalue weighted by Crippen LogP contribution is -2.33. The zero-order chi connectivity index (χ0) is 15.1. The molecule has 0 unspecified atom stereocenters. The molecule has 0 aromatic carbocycles. The highest BCUT2D eigenvalue weighted by Crippen LogP contribution is 2.21. The zero-order valence-corrected chi connectivity index (χ0v) is 13.0. The molecule has 0 heterocycles. The van der Waals surface area contributed by atoms with Crippen molar-refractivity contribution >= 4 is 12.1 Å². The van der Waals surface area contributed by atoms with Gasteiger partial charge in [-0.15, -0.1) is 0 Å². The van der Waals surface area contributed by atoms with Gasteiger partial charge in [0.1, 0.15) is 13.2 Å². The van der Waals surface area contributed by atoms with Crippen LogP contribution in [0, 0.1) is 10.8 Å². The average molecular weight is 273 g/mol. The molecule has 0 aromatic rings. The molecule has 0 aliphatic carbocycles. The fourth-order valence-electron chi connectivity index (χ4n) is 0.997. The van der Waals surface area contributed by atoms with Crippen LogP contribution >= 0.6 is 0 Å². The highest BCUT2D eigenvalue weighted by atomic mass is 16.6. The number of ether oxygens (including phenoxy) is 2. The molecule has 0 aromatic heterocycles. The van der Waals surface area contributed by atoms with Gasteiger partial charge in [0.2, 0.25) is 0 Å². The largest absolute Gasteiger partial charge is 0.462 e. The average Bonchev–Trinajstić information content (AvgIpc) is 2.30. The van der Waals surface area contributed by atoms with E-state index >= 15 is 0 Å². The first-order valence-electron chi connectivity index (χ1n) is 6.66. The van der Waals surface area contributed by atoms with Crippen LogP contribution in [-0.2, 0) is 14.3 Å². The molecule has 5 nitrogen and oxygen atoms in total. The van der Waals surface area contributed by atoms with Crippen molar-refractivity contribution in [1.29, 1.82) is 0 Å². The molecule has 0 rings (SSSR count). The lowest BCUT2D eigenvalue weighted by atomic mass is 9.91. The fraction of sp³-hybridized carbons (Fsp3) is 0.857. The van der Waals surface area contributed by atoms with E-state index < -0.39 is 11.5 Å². The van der Waals surface area contributed by atoms with Crippen LogP contribution < -0.4 is 5.32 Å². The van der Waals surface area contributed by atoms with Crippen LogP contribution in [0.1, 0.15) is 48.0 Å². The quantitative estimate of drug-likeness (QED) is 0.597. The summed E-state index contributed by atoms with van der Waals surface area (Å²) >= 11 is 0. The topological polar surface area (TPSA) is 64.6 Å². The number of amides is 1. The van der Waals surface area contributed by atoms with Crippen LogP contribution in [0.15, 0.2) is 0 Å². The van der Waals surface area contributed by atoms with E-state index in [2.05, 4.69) is 5.32 Å². The Hall–Kier alpha value is -1.26. The minimum Gasteiger partial charge on any atom is -0.462 e. The number of nitrogens with one attached hydrogen (secondary N) is 1. The molecule has 0 saturated heterocycles. The number of carbonyl (C=O) groups is 2. The Balaban J connectivity index is 3.76. The molecule has 0 fully saturated rings. The Morgan fingerprint density at radius 1 is 1.00 bits per heavy atom. The molecule has 0 atom stereocenters. The summed E-state index contributed by atoms with van der Waals surface area (Å²) in [5.74, 6) is -0.270. The van der Waals surface area contributed by atoms with E-state index in [1.165, 1.54) is 0 Å². The van der Waals surface area contributed by atoms with Gasteiger partial charge < -0.3 is 14.8 Å². The van der Waals surface area contributed by atoms with Crippen molar-refractivity contribution in [1.82, 2.24) is 5.32 Å². The van der Waals surface area contributed by atoms with E-state index in [9.17, 15) is 9.59 Å². The molecule has 1 amide bonds. The van der Waals surface area contributed by atoms with Gasteiger partial charge in [-0.05, 0) is 25.7 Å². The standard InChI is InChI=1S/C14H27NO4/c1-7-14(5,6)11(16)18-8-9-19-12(17)15-10-13(2,3)4/h7-10H2,1-6H3,(H,15,17). The normalized spacial score (nSPS) is 11.9. The highest BCUT2D eigenvalue weighted by Gasteiger charge is 2.26. The number of esters is 1. The van der Waals surface area contributed by atoms with Crippen LogP contribution in [0.2, 0.25) is 0 Å². The van der Waals surface area contributed by atoms with E-state index in [4.69, 9.17) is 9.47 Å². The van der Waals surface area contributed by atoms with Crippen molar-refractivity contribution in [3.63, 3.8) is 0 Å². The van der Waals surface area contributed by atoms with Crippen molar-refractivity contribution < 1.29 is 19.1 Å². The van der Waals surface area contributed by atoms with Crippen molar-refractivity contribution in [3.05, 3.63) is 0 Å². The lowest BCUT2D eigenvalue weighted by molar-refractivity contribution is -0.155. The third kappa shape index (κ3) is 8.46. The van der Waals surface area contributed by atoms with E-state index in [0.29, 0.717) is 13.0 Å². The third-order valence-electron chi connectivity index (χ3n) is 2.75. The van der Waals surface area contributed by atoms with Crippen LogP contribution in [-0.4, -0.2) is 31.8 Å². The highest BCUT2D eigenvalue weighted by molar-refractivity contribution is 5.75. The van der Waals surface area contributed by atoms with Gasteiger partial charge in [-0.2, -0.15) is 0 Å². The van der Waals surface area contributed by atoms with Crippen LogP contribution in [0.5, 0.6) is 0 Å². The minimum atomic E-state index is -0.492. The first-order valence-corrected chi connectivity index (χ1v) is 6.66. The number of rotatable bonds is 6. The van der Waals surface area contributed by atoms with Gasteiger partial charge in [-0.25, -0.2) is 4.79 Å². The maximum absolute atomic E-state index is 11.6. The number of carbonyl (C=O) groups excluding carboxylic acids is 2. The van der Waals surface area contributed by atoms with Gasteiger partial charge in [0.15, 0.2) is 0 Å². The Morgan fingerprint density at radius 2 is 1.53 bits per heavy atom. The first-order chi connectivity index (χ1) is 8.58. The van der Waals surface area contributed by atoms with Gasteiger partial charge in [-0.1, -0.05) is 27.7 Å². The third-order valence-corrected chi connectivity index (χ3v) is 2.75. The van der Waals surface area contributed by atoms with Gasteiger partial charge in [0, 0.05) is 6.54 Å². The molecule has 5 heteroatoms. The predicted molar refractivity (Wildman–Crippen MR) is 73.8 cm³/mol. The molecule has 0 aliphatic heterocycles. The van der Waals surface area contributed by atoms with Crippen LogP contribution in [0.3, 0.4) is 0 Å². The van der Waals surface area contributed by atoms with Crippen molar-refractivity contribution in [3.8, 4) is 0 Å². The van der Waals surface area contributed by atoms with Crippen molar-refractivity contribution in [2.24, 2.45) is 10.8 Å². The summed E-state index contributed by atoms with van der Waals surface area (Å²) < 4.78 is 9.96. The Kier molecular flexibility index (Phi) is 6.87. The molecular weight excluding hydrogens is 246 g/mol. The monoisotopic (exact) mass is 273 g/mol. The van der Waals surface area contributed by atoms with Crippen LogP contribution in [0.4, 0.5) is 4.79 Å². The molecule has 112 valence electrons. The van der Waals surface area contributed by atoms with E-state index in [-0.39, 0.29) is 24.6 Å². The zero-order valence-electron chi connectivity index (χ0n) is 13.0. The van der Waals surface area contributed by atoms with E-state index in [0.717, 1.165) is 0 Å². The maximum atomic E-state index is 11.6. The first kappa shape index (κ1) is 17.7. The Labute approximate surface area is 116 Å². The lowest BCUT2D eigenvalue weighted by Gasteiger charge is -2.20. The number of hydrogen-bond donors (Lipinski definition) is 1. The molecule has 19 heavy (non-hydrogen) atoms. The smallest absolute Gasteiger partial charge is 0.407 e. The molecule has 1 N–H and O–H groups in total. The molecule has 0 spiro atoms. The number of alkyl carbamates (subject to hydrolysis) is 1. The van der Waals surface area contributed by atoms with Gasteiger partial charge in [0.25, 0.3) is 0 Å². The van der Waals surface area contributed by atoms with E-state index in [1.54, 1.807) is 0 Å². The Bertz CT molecular complexity index is 305. The van der Waals surface area contributed by atoms with Gasteiger partial charge in [-0.3, -0.25) is 4.79 Å². The van der Waals surface area contributed by atoms with E-state index in [1.807, 2.05) is 41.5 Å². The second kappa shape index (κ2) is 7.36.